The van der Waals surface area contributed by atoms with Crippen molar-refractivity contribution in [3.8, 4) is 0 Å². The molecule has 0 radical (unpaired) electrons. The first kappa shape index (κ1) is 10.7. The van der Waals surface area contributed by atoms with E-state index in [2.05, 4.69) is 16.2 Å². The summed E-state index contributed by atoms with van der Waals surface area (Å²) in [5.74, 6) is 0.662. The number of hydrogen-bond acceptors (Lipinski definition) is 3. The molecule has 0 saturated carbocycles. The molecular formula is C12H15N3O. The highest BCUT2D eigenvalue weighted by atomic mass is 16.5. The van der Waals surface area contributed by atoms with Crippen molar-refractivity contribution in [1.29, 1.82) is 0 Å². The molecule has 0 saturated heterocycles. The second-order valence-corrected chi connectivity index (χ2v) is 3.61. The summed E-state index contributed by atoms with van der Waals surface area (Å²) >= 11 is 0. The third-order valence-electron chi connectivity index (χ3n) is 2.36. The first-order valence-corrected chi connectivity index (χ1v) is 5.30. The van der Waals surface area contributed by atoms with Crippen LogP contribution < -0.4 is 0 Å². The van der Waals surface area contributed by atoms with E-state index in [9.17, 15) is 0 Å². The Hall–Kier alpha value is -1.84. The van der Waals surface area contributed by atoms with Crippen molar-refractivity contribution in [3.63, 3.8) is 0 Å². The zero-order valence-corrected chi connectivity index (χ0v) is 9.55. The van der Waals surface area contributed by atoms with Gasteiger partial charge in [0.25, 0.3) is 0 Å². The van der Waals surface area contributed by atoms with E-state index in [4.69, 9.17) is 4.74 Å². The van der Waals surface area contributed by atoms with Crippen LogP contribution in [-0.4, -0.2) is 23.1 Å². The van der Waals surface area contributed by atoms with E-state index < -0.39 is 0 Å². The SMILES string of the molecule is COC1=CCC/C=C(\n2ccc(C)n2)C=N1. The van der Waals surface area contributed by atoms with Crippen LogP contribution in [0.5, 0.6) is 0 Å². The minimum Gasteiger partial charge on any atom is -0.481 e. The van der Waals surface area contributed by atoms with Crippen LogP contribution in [0.15, 0.2) is 35.3 Å². The zero-order valence-electron chi connectivity index (χ0n) is 9.55. The average Bonchev–Trinajstić information content (AvgIpc) is 2.65. The van der Waals surface area contributed by atoms with Gasteiger partial charge in [-0.15, -0.1) is 0 Å². The molecule has 0 fully saturated rings. The Morgan fingerprint density at radius 3 is 2.81 bits per heavy atom. The van der Waals surface area contributed by atoms with Crippen LogP contribution in [-0.2, 0) is 4.74 Å². The minimum atomic E-state index is 0.662. The van der Waals surface area contributed by atoms with E-state index >= 15 is 0 Å². The predicted octanol–water partition coefficient (Wildman–Crippen LogP) is 2.38. The number of allylic oxidation sites excluding steroid dienone is 3. The number of ether oxygens (including phenoxy) is 1. The standard InChI is InChI=1S/C12H15N3O/c1-10-7-8-15(14-10)11-5-3-4-6-12(16-2)13-9-11/h5-9H,3-4H2,1-2H3/b11-5-,12-6?,13-9?. The first-order chi connectivity index (χ1) is 7.79. The summed E-state index contributed by atoms with van der Waals surface area (Å²) in [6, 6.07) is 1.97. The maximum absolute atomic E-state index is 5.12. The maximum atomic E-state index is 5.12. The van der Waals surface area contributed by atoms with E-state index in [1.54, 1.807) is 13.3 Å². The number of nitrogens with zero attached hydrogens (tertiary/aromatic N) is 3. The quantitative estimate of drug-likeness (QED) is 0.763. The fraction of sp³-hybridized carbons (Fsp3) is 0.333. The highest BCUT2D eigenvalue weighted by Gasteiger charge is 2.02. The Kier molecular flexibility index (Phi) is 3.19. The van der Waals surface area contributed by atoms with Gasteiger partial charge < -0.3 is 4.74 Å². The summed E-state index contributed by atoms with van der Waals surface area (Å²) in [6.45, 7) is 1.97. The monoisotopic (exact) mass is 217 g/mol. The topological polar surface area (TPSA) is 39.4 Å². The van der Waals surface area contributed by atoms with Gasteiger partial charge in [0.05, 0.1) is 24.7 Å². The van der Waals surface area contributed by atoms with Crippen molar-refractivity contribution in [2.75, 3.05) is 7.11 Å². The van der Waals surface area contributed by atoms with Gasteiger partial charge in [0.15, 0.2) is 0 Å². The third-order valence-corrected chi connectivity index (χ3v) is 2.36. The van der Waals surface area contributed by atoms with Gasteiger partial charge in [-0.2, -0.15) is 5.10 Å². The van der Waals surface area contributed by atoms with Crippen LogP contribution in [0.25, 0.3) is 5.70 Å². The molecule has 4 heteroatoms. The van der Waals surface area contributed by atoms with Crippen molar-refractivity contribution in [2.45, 2.75) is 19.8 Å². The number of rotatable bonds is 2. The lowest BCUT2D eigenvalue weighted by molar-refractivity contribution is 0.287. The third kappa shape index (κ3) is 2.39. The Morgan fingerprint density at radius 2 is 2.12 bits per heavy atom. The molecule has 0 aliphatic carbocycles. The van der Waals surface area contributed by atoms with Crippen molar-refractivity contribution >= 4 is 11.9 Å². The molecule has 0 aromatic carbocycles. The van der Waals surface area contributed by atoms with E-state index in [-0.39, 0.29) is 0 Å². The lowest BCUT2D eigenvalue weighted by atomic mass is 10.2. The summed E-state index contributed by atoms with van der Waals surface area (Å²) < 4.78 is 6.95. The van der Waals surface area contributed by atoms with E-state index in [1.165, 1.54) is 0 Å². The molecule has 16 heavy (non-hydrogen) atoms. The molecule has 1 aliphatic heterocycles. The average molecular weight is 217 g/mol. The molecule has 0 N–H and O–H groups in total. The van der Waals surface area contributed by atoms with Gasteiger partial charge in [0.2, 0.25) is 5.88 Å². The fourth-order valence-corrected chi connectivity index (χ4v) is 1.52. The van der Waals surface area contributed by atoms with Gasteiger partial charge in [0.1, 0.15) is 0 Å². The number of hydrogen-bond donors (Lipinski definition) is 0. The molecule has 1 aromatic heterocycles. The molecule has 0 amide bonds. The van der Waals surface area contributed by atoms with Gasteiger partial charge in [0, 0.05) is 6.20 Å². The molecule has 2 rings (SSSR count). The van der Waals surface area contributed by atoms with Crippen LogP contribution in [0.3, 0.4) is 0 Å². The Labute approximate surface area is 94.9 Å². The Balaban J connectivity index is 2.25. The second kappa shape index (κ2) is 4.79. The molecule has 84 valence electrons. The molecule has 0 bridgehead atoms. The molecule has 0 unspecified atom stereocenters. The molecule has 1 aliphatic rings. The molecule has 4 nitrogen and oxygen atoms in total. The van der Waals surface area contributed by atoms with Gasteiger partial charge in [-0.1, -0.05) is 6.08 Å². The summed E-state index contributed by atoms with van der Waals surface area (Å²) in [7, 11) is 1.63. The van der Waals surface area contributed by atoms with E-state index in [0.717, 1.165) is 24.2 Å². The summed E-state index contributed by atoms with van der Waals surface area (Å²) in [5, 5.41) is 4.35. The highest BCUT2D eigenvalue weighted by Crippen LogP contribution is 2.11. The lowest BCUT2D eigenvalue weighted by Gasteiger charge is -2.06. The maximum Gasteiger partial charge on any atom is 0.208 e. The van der Waals surface area contributed by atoms with Crippen molar-refractivity contribution in [2.24, 2.45) is 4.99 Å². The smallest absolute Gasteiger partial charge is 0.208 e. The second-order valence-electron chi connectivity index (χ2n) is 3.61. The van der Waals surface area contributed by atoms with Gasteiger partial charge in [-0.05, 0) is 31.9 Å². The van der Waals surface area contributed by atoms with Gasteiger partial charge >= 0.3 is 0 Å². The highest BCUT2D eigenvalue weighted by molar-refractivity contribution is 6.02. The molecule has 0 spiro atoms. The van der Waals surface area contributed by atoms with Crippen LogP contribution in [0.1, 0.15) is 18.5 Å². The van der Waals surface area contributed by atoms with Crippen molar-refractivity contribution in [3.05, 3.63) is 36.0 Å². The number of aryl methyl sites for hydroxylation is 1. The Morgan fingerprint density at radius 1 is 1.31 bits per heavy atom. The summed E-state index contributed by atoms with van der Waals surface area (Å²) in [4.78, 5) is 4.25. The summed E-state index contributed by atoms with van der Waals surface area (Å²) in [5.41, 5.74) is 1.98. The number of aromatic nitrogens is 2. The first-order valence-electron chi connectivity index (χ1n) is 5.30. The number of aliphatic imine (C=N–C) groups is 1. The van der Waals surface area contributed by atoms with Gasteiger partial charge in [-0.25, -0.2) is 9.67 Å². The largest absolute Gasteiger partial charge is 0.481 e. The summed E-state index contributed by atoms with van der Waals surface area (Å²) in [6.07, 6.45) is 9.72. The minimum absolute atomic E-state index is 0.662. The lowest BCUT2D eigenvalue weighted by Crippen LogP contribution is -2.01. The number of methoxy groups -OCH3 is 1. The fourth-order valence-electron chi connectivity index (χ4n) is 1.52. The van der Waals surface area contributed by atoms with Crippen LogP contribution in [0.2, 0.25) is 0 Å². The van der Waals surface area contributed by atoms with E-state index in [1.807, 2.05) is 29.9 Å². The molecule has 2 heterocycles. The van der Waals surface area contributed by atoms with Crippen LogP contribution in [0.4, 0.5) is 0 Å². The van der Waals surface area contributed by atoms with Crippen LogP contribution >= 0.6 is 0 Å². The molecule has 0 atom stereocenters. The zero-order chi connectivity index (χ0) is 11.4. The predicted molar refractivity (Wildman–Crippen MR) is 64.1 cm³/mol. The Bertz CT molecular complexity index is 455. The molecular weight excluding hydrogens is 202 g/mol. The van der Waals surface area contributed by atoms with Crippen LogP contribution in [0, 0.1) is 6.92 Å². The normalized spacial score (nSPS) is 19.4. The van der Waals surface area contributed by atoms with Crippen molar-refractivity contribution in [1.82, 2.24) is 9.78 Å². The van der Waals surface area contributed by atoms with Crippen molar-refractivity contribution < 1.29 is 4.74 Å². The molecule has 1 aromatic rings. The van der Waals surface area contributed by atoms with Gasteiger partial charge in [-0.3, -0.25) is 0 Å². The van der Waals surface area contributed by atoms with E-state index in [0.29, 0.717) is 5.88 Å².